The minimum atomic E-state index is 0.0351. The van der Waals surface area contributed by atoms with Gasteiger partial charge in [-0.05, 0) is 37.3 Å². The first-order valence-electron chi connectivity index (χ1n) is 8.68. The van der Waals surface area contributed by atoms with Gasteiger partial charge in [-0.1, -0.05) is 18.2 Å². The van der Waals surface area contributed by atoms with E-state index in [0.717, 1.165) is 22.0 Å². The summed E-state index contributed by atoms with van der Waals surface area (Å²) in [4.78, 5) is 19.1. The van der Waals surface area contributed by atoms with Crippen LogP contribution in [0.25, 0.3) is 10.6 Å². The van der Waals surface area contributed by atoms with Crippen molar-refractivity contribution in [2.45, 2.75) is 13.3 Å². The molecule has 0 fully saturated rings. The van der Waals surface area contributed by atoms with Gasteiger partial charge in [-0.25, -0.2) is 4.98 Å². The van der Waals surface area contributed by atoms with Crippen LogP contribution in [0.1, 0.15) is 12.6 Å². The summed E-state index contributed by atoms with van der Waals surface area (Å²) < 4.78 is 10.6. The van der Waals surface area contributed by atoms with E-state index >= 15 is 0 Å². The summed E-state index contributed by atoms with van der Waals surface area (Å²) in [6, 6.07) is 15.4. The number of para-hydroxylation sites is 1. The molecule has 2 aromatic carbocycles. The predicted octanol–water partition coefficient (Wildman–Crippen LogP) is 4.42. The molecule has 6 heteroatoms. The van der Waals surface area contributed by atoms with Crippen molar-refractivity contribution in [3.05, 3.63) is 59.6 Å². The maximum atomic E-state index is 12.7. The topological polar surface area (TPSA) is 51.7 Å². The van der Waals surface area contributed by atoms with Crippen molar-refractivity contribution in [2.24, 2.45) is 0 Å². The van der Waals surface area contributed by atoms with Crippen LogP contribution in [-0.2, 0) is 11.2 Å². The van der Waals surface area contributed by atoms with Gasteiger partial charge in [0.05, 0.1) is 26.3 Å². The average molecular weight is 382 g/mol. The number of hydrogen-bond acceptors (Lipinski definition) is 5. The third kappa shape index (κ3) is 4.28. The molecule has 0 unspecified atom stereocenters. The molecule has 0 N–H and O–H groups in total. The molecule has 0 radical (unpaired) electrons. The fourth-order valence-corrected chi connectivity index (χ4v) is 3.67. The number of methoxy groups -OCH3 is 2. The van der Waals surface area contributed by atoms with E-state index in [1.807, 2.05) is 60.8 Å². The summed E-state index contributed by atoms with van der Waals surface area (Å²) in [6.45, 7) is 2.59. The van der Waals surface area contributed by atoms with Gasteiger partial charge >= 0.3 is 0 Å². The van der Waals surface area contributed by atoms with Crippen LogP contribution in [0, 0.1) is 0 Å². The average Bonchev–Trinajstić information content (AvgIpc) is 3.17. The molecular formula is C21H22N2O3S. The van der Waals surface area contributed by atoms with E-state index in [0.29, 0.717) is 18.0 Å². The zero-order valence-corrected chi connectivity index (χ0v) is 16.5. The second-order valence-electron chi connectivity index (χ2n) is 5.86. The van der Waals surface area contributed by atoms with Crippen LogP contribution < -0.4 is 14.4 Å². The molecule has 0 aliphatic carbocycles. The molecule has 0 bridgehead atoms. The number of likely N-dealkylation sites (N-methyl/N-ethyl adjacent to an activating group) is 1. The lowest BCUT2D eigenvalue weighted by Gasteiger charge is -2.20. The largest absolute Gasteiger partial charge is 0.493 e. The fraction of sp³-hybridized carbons (Fsp3) is 0.238. The monoisotopic (exact) mass is 382 g/mol. The molecule has 27 heavy (non-hydrogen) atoms. The molecule has 5 nitrogen and oxygen atoms in total. The zero-order valence-electron chi connectivity index (χ0n) is 15.6. The number of carbonyl (C=O) groups is 1. The van der Waals surface area contributed by atoms with Crippen LogP contribution >= 0.6 is 11.3 Å². The predicted molar refractivity (Wildman–Crippen MR) is 109 cm³/mol. The van der Waals surface area contributed by atoms with Crippen molar-refractivity contribution in [1.82, 2.24) is 4.98 Å². The van der Waals surface area contributed by atoms with E-state index in [1.54, 1.807) is 19.1 Å². The highest BCUT2D eigenvalue weighted by atomic mass is 32.1. The van der Waals surface area contributed by atoms with E-state index in [1.165, 1.54) is 11.3 Å². The van der Waals surface area contributed by atoms with Gasteiger partial charge in [-0.3, -0.25) is 4.79 Å². The molecule has 0 atom stereocenters. The molecule has 1 aromatic heterocycles. The summed E-state index contributed by atoms with van der Waals surface area (Å²) in [5, 5.41) is 2.78. The number of ether oxygens (including phenoxy) is 2. The zero-order chi connectivity index (χ0) is 19.2. The van der Waals surface area contributed by atoms with Gasteiger partial charge in [0, 0.05) is 23.2 Å². The SMILES string of the molecule is CCN(C(=O)Cc1csc(-c2ccc(OC)c(OC)c2)n1)c1ccccc1. The minimum Gasteiger partial charge on any atom is -0.493 e. The van der Waals surface area contributed by atoms with Gasteiger partial charge < -0.3 is 14.4 Å². The quantitative estimate of drug-likeness (QED) is 0.607. The Kier molecular flexibility index (Phi) is 6.08. The first-order chi connectivity index (χ1) is 13.2. The Morgan fingerprint density at radius 1 is 1.07 bits per heavy atom. The lowest BCUT2D eigenvalue weighted by Crippen LogP contribution is -2.32. The molecule has 140 valence electrons. The van der Waals surface area contributed by atoms with Gasteiger partial charge in [0.25, 0.3) is 0 Å². The maximum absolute atomic E-state index is 12.7. The van der Waals surface area contributed by atoms with Gasteiger partial charge in [-0.2, -0.15) is 0 Å². The highest BCUT2D eigenvalue weighted by molar-refractivity contribution is 7.13. The summed E-state index contributed by atoms with van der Waals surface area (Å²) in [7, 11) is 3.22. The number of carbonyl (C=O) groups excluding carboxylic acids is 1. The number of hydrogen-bond donors (Lipinski definition) is 0. The number of anilines is 1. The molecule has 3 rings (SSSR count). The van der Waals surface area contributed by atoms with E-state index in [2.05, 4.69) is 4.98 Å². The maximum Gasteiger partial charge on any atom is 0.233 e. The Bertz CT molecular complexity index is 909. The van der Waals surface area contributed by atoms with Crippen LogP contribution in [0.5, 0.6) is 11.5 Å². The lowest BCUT2D eigenvalue weighted by molar-refractivity contribution is -0.118. The van der Waals surface area contributed by atoms with Gasteiger partial charge in [0.1, 0.15) is 5.01 Å². The van der Waals surface area contributed by atoms with Crippen molar-refractivity contribution >= 4 is 22.9 Å². The van der Waals surface area contributed by atoms with E-state index in [9.17, 15) is 4.79 Å². The van der Waals surface area contributed by atoms with Crippen molar-refractivity contribution in [3.8, 4) is 22.1 Å². The molecule has 3 aromatic rings. The van der Waals surface area contributed by atoms with Gasteiger partial charge in [-0.15, -0.1) is 11.3 Å². The lowest BCUT2D eigenvalue weighted by atomic mass is 10.2. The Morgan fingerprint density at radius 2 is 1.81 bits per heavy atom. The standard InChI is InChI=1S/C21H22N2O3S/c1-4-23(17-8-6-5-7-9-17)20(24)13-16-14-27-21(22-16)15-10-11-18(25-2)19(12-15)26-3/h5-12,14H,4,13H2,1-3H3. The van der Waals surface area contributed by atoms with E-state index < -0.39 is 0 Å². The summed E-state index contributed by atoms with van der Waals surface area (Å²) in [5.74, 6) is 1.37. The van der Waals surface area contributed by atoms with Crippen LogP contribution in [-0.4, -0.2) is 31.7 Å². The van der Waals surface area contributed by atoms with Gasteiger partial charge in [0.15, 0.2) is 11.5 Å². The molecule has 0 saturated carbocycles. The number of nitrogens with zero attached hydrogens (tertiary/aromatic N) is 2. The molecule has 0 aliphatic rings. The first kappa shape index (κ1) is 18.9. The third-order valence-corrected chi connectivity index (χ3v) is 5.14. The second-order valence-corrected chi connectivity index (χ2v) is 6.72. The van der Waals surface area contributed by atoms with Crippen LogP contribution in [0.3, 0.4) is 0 Å². The van der Waals surface area contributed by atoms with Crippen molar-refractivity contribution in [1.29, 1.82) is 0 Å². The third-order valence-electron chi connectivity index (χ3n) is 4.20. The highest BCUT2D eigenvalue weighted by Gasteiger charge is 2.16. The van der Waals surface area contributed by atoms with Crippen LogP contribution in [0.4, 0.5) is 5.69 Å². The van der Waals surface area contributed by atoms with Gasteiger partial charge in [0.2, 0.25) is 5.91 Å². The molecular weight excluding hydrogens is 360 g/mol. The fourth-order valence-electron chi connectivity index (χ4n) is 2.85. The molecule has 1 amide bonds. The number of thiazole rings is 1. The Labute approximate surface area is 163 Å². The normalized spacial score (nSPS) is 10.5. The molecule has 0 saturated heterocycles. The van der Waals surface area contributed by atoms with Crippen LogP contribution in [0.15, 0.2) is 53.9 Å². The van der Waals surface area contributed by atoms with Crippen molar-refractivity contribution < 1.29 is 14.3 Å². The number of rotatable bonds is 7. The van der Waals surface area contributed by atoms with Crippen LogP contribution in [0.2, 0.25) is 0 Å². The minimum absolute atomic E-state index is 0.0351. The molecule has 0 aliphatic heterocycles. The molecule has 0 spiro atoms. The van der Waals surface area contributed by atoms with E-state index in [-0.39, 0.29) is 12.3 Å². The number of benzene rings is 2. The van der Waals surface area contributed by atoms with Crippen molar-refractivity contribution in [3.63, 3.8) is 0 Å². The Balaban J connectivity index is 1.77. The summed E-state index contributed by atoms with van der Waals surface area (Å²) in [5.41, 5.74) is 2.61. The van der Waals surface area contributed by atoms with Crippen molar-refractivity contribution in [2.75, 3.05) is 25.7 Å². The van der Waals surface area contributed by atoms with E-state index in [4.69, 9.17) is 9.47 Å². The Morgan fingerprint density at radius 3 is 2.48 bits per heavy atom. The highest BCUT2D eigenvalue weighted by Crippen LogP contribution is 2.33. The summed E-state index contributed by atoms with van der Waals surface area (Å²) in [6.07, 6.45) is 0.270. The Hall–Kier alpha value is -2.86. The first-order valence-corrected chi connectivity index (χ1v) is 9.56. The summed E-state index contributed by atoms with van der Waals surface area (Å²) >= 11 is 1.51. The number of aromatic nitrogens is 1. The second kappa shape index (κ2) is 8.68. The number of amides is 1. The smallest absolute Gasteiger partial charge is 0.233 e. The molecule has 1 heterocycles.